The van der Waals surface area contributed by atoms with Gasteiger partial charge in [0, 0.05) is 24.4 Å². The Morgan fingerprint density at radius 1 is 1.28 bits per heavy atom. The van der Waals surface area contributed by atoms with Gasteiger partial charge < -0.3 is 10.6 Å². The molecule has 2 aromatic rings. The Morgan fingerprint density at radius 3 is 2.92 bits per heavy atom. The quantitative estimate of drug-likeness (QED) is 0.760. The maximum absolute atomic E-state index is 12.3. The van der Waals surface area contributed by atoms with Crippen LogP contribution in [-0.4, -0.2) is 33.8 Å². The SMILES string of the molecule is O=C(CCCC1CC1)NCC1CC(NC(=O)c2csc3cncn23)C1. The average molecular weight is 360 g/mol. The summed E-state index contributed by atoms with van der Waals surface area (Å²) in [6, 6.07) is 0.211. The van der Waals surface area contributed by atoms with Crippen LogP contribution in [0.25, 0.3) is 4.83 Å². The lowest BCUT2D eigenvalue weighted by atomic mass is 9.80. The number of carbonyl (C=O) groups is 2. The number of amides is 2. The largest absolute Gasteiger partial charge is 0.356 e. The second kappa shape index (κ2) is 7.15. The summed E-state index contributed by atoms with van der Waals surface area (Å²) in [5.74, 6) is 1.51. The maximum Gasteiger partial charge on any atom is 0.269 e. The molecular formula is C18H24N4O2S. The molecule has 134 valence electrons. The third-order valence-corrected chi connectivity index (χ3v) is 6.14. The van der Waals surface area contributed by atoms with Crippen molar-refractivity contribution in [1.82, 2.24) is 20.0 Å². The molecule has 0 spiro atoms. The molecule has 0 radical (unpaired) electrons. The summed E-state index contributed by atoms with van der Waals surface area (Å²) in [6.45, 7) is 0.735. The van der Waals surface area contributed by atoms with Gasteiger partial charge in [0.25, 0.3) is 5.91 Å². The summed E-state index contributed by atoms with van der Waals surface area (Å²) in [4.78, 5) is 29.2. The number of nitrogens with one attached hydrogen (secondary N) is 2. The zero-order chi connectivity index (χ0) is 17.2. The minimum Gasteiger partial charge on any atom is -0.356 e. The van der Waals surface area contributed by atoms with Crippen LogP contribution in [0.4, 0.5) is 0 Å². The molecule has 0 unspecified atom stereocenters. The Balaban J connectivity index is 1.13. The third kappa shape index (κ3) is 4.03. The highest BCUT2D eigenvalue weighted by atomic mass is 32.1. The van der Waals surface area contributed by atoms with E-state index in [-0.39, 0.29) is 17.9 Å². The molecular weight excluding hydrogens is 336 g/mol. The van der Waals surface area contributed by atoms with Crippen LogP contribution < -0.4 is 10.6 Å². The van der Waals surface area contributed by atoms with Gasteiger partial charge in [0.2, 0.25) is 5.91 Å². The van der Waals surface area contributed by atoms with E-state index in [0.717, 1.165) is 36.6 Å². The molecule has 2 amide bonds. The summed E-state index contributed by atoms with van der Waals surface area (Å²) >= 11 is 1.52. The highest BCUT2D eigenvalue weighted by Gasteiger charge is 2.31. The summed E-state index contributed by atoms with van der Waals surface area (Å²) in [6.07, 6.45) is 10.9. The minimum absolute atomic E-state index is 0.0446. The predicted octanol–water partition coefficient (Wildman–Crippen LogP) is 2.60. The summed E-state index contributed by atoms with van der Waals surface area (Å²) in [7, 11) is 0. The van der Waals surface area contributed by atoms with E-state index in [1.807, 2.05) is 9.78 Å². The van der Waals surface area contributed by atoms with Crippen molar-refractivity contribution in [2.75, 3.05) is 6.54 Å². The number of carbonyl (C=O) groups excluding carboxylic acids is 2. The molecule has 0 saturated heterocycles. The van der Waals surface area contributed by atoms with Crippen LogP contribution in [0.5, 0.6) is 0 Å². The predicted molar refractivity (Wildman–Crippen MR) is 96.6 cm³/mol. The van der Waals surface area contributed by atoms with Gasteiger partial charge in [-0.25, -0.2) is 4.98 Å². The van der Waals surface area contributed by atoms with Crippen molar-refractivity contribution in [2.45, 2.75) is 51.0 Å². The van der Waals surface area contributed by atoms with E-state index in [2.05, 4.69) is 15.6 Å². The van der Waals surface area contributed by atoms with E-state index in [1.54, 1.807) is 12.5 Å². The van der Waals surface area contributed by atoms with Crippen LogP contribution in [-0.2, 0) is 4.79 Å². The molecule has 2 aromatic heterocycles. The molecule has 0 aliphatic heterocycles. The van der Waals surface area contributed by atoms with Crippen molar-refractivity contribution in [3.63, 3.8) is 0 Å². The van der Waals surface area contributed by atoms with E-state index in [9.17, 15) is 9.59 Å². The summed E-state index contributed by atoms with van der Waals surface area (Å²) < 4.78 is 1.82. The van der Waals surface area contributed by atoms with Gasteiger partial charge in [0.1, 0.15) is 16.9 Å². The van der Waals surface area contributed by atoms with Crippen LogP contribution in [0.3, 0.4) is 0 Å². The Labute approximate surface area is 151 Å². The van der Waals surface area contributed by atoms with Gasteiger partial charge in [0.05, 0.1) is 6.20 Å². The Morgan fingerprint density at radius 2 is 2.12 bits per heavy atom. The number of rotatable bonds is 8. The van der Waals surface area contributed by atoms with Gasteiger partial charge in [0.15, 0.2) is 0 Å². The zero-order valence-corrected chi connectivity index (χ0v) is 15.1. The second-order valence-corrected chi connectivity index (χ2v) is 8.26. The first-order chi connectivity index (χ1) is 12.2. The van der Waals surface area contributed by atoms with Crippen LogP contribution in [0.1, 0.15) is 55.4 Å². The number of imidazole rings is 1. The van der Waals surface area contributed by atoms with Crippen LogP contribution in [0, 0.1) is 11.8 Å². The minimum atomic E-state index is -0.0446. The number of thiazole rings is 1. The monoisotopic (exact) mass is 360 g/mol. The topological polar surface area (TPSA) is 75.5 Å². The van der Waals surface area contributed by atoms with Gasteiger partial charge >= 0.3 is 0 Å². The molecule has 2 saturated carbocycles. The molecule has 0 atom stereocenters. The van der Waals surface area contributed by atoms with Crippen LogP contribution >= 0.6 is 11.3 Å². The van der Waals surface area contributed by atoms with Gasteiger partial charge in [-0.2, -0.15) is 0 Å². The van der Waals surface area contributed by atoms with Gasteiger partial charge in [-0.15, -0.1) is 11.3 Å². The Bertz CT molecular complexity index is 758. The number of fused-ring (bicyclic) bond motifs is 1. The molecule has 2 fully saturated rings. The van der Waals surface area contributed by atoms with Gasteiger partial charge in [-0.3, -0.25) is 14.0 Å². The number of hydrogen-bond acceptors (Lipinski definition) is 4. The number of nitrogens with zero attached hydrogens (tertiary/aromatic N) is 2. The highest BCUT2D eigenvalue weighted by molar-refractivity contribution is 7.15. The molecule has 2 heterocycles. The first kappa shape index (κ1) is 16.6. The van der Waals surface area contributed by atoms with Gasteiger partial charge in [-0.05, 0) is 37.5 Å². The van der Waals surface area contributed by atoms with Gasteiger partial charge in [-0.1, -0.05) is 12.8 Å². The number of hydrogen-bond donors (Lipinski definition) is 2. The van der Waals surface area contributed by atoms with E-state index in [0.29, 0.717) is 18.0 Å². The summed E-state index contributed by atoms with van der Waals surface area (Å²) in [5.41, 5.74) is 0.643. The van der Waals surface area contributed by atoms with E-state index in [1.165, 1.54) is 30.6 Å². The Hall–Kier alpha value is -1.89. The van der Waals surface area contributed by atoms with E-state index in [4.69, 9.17) is 0 Å². The Kier molecular flexibility index (Phi) is 4.74. The molecule has 25 heavy (non-hydrogen) atoms. The average Bonchev–Trinajstić information content (AvgIpc) is 3.10. The van der Waals surface area contributed by atoms with Crippen molar-refractivity contribution in [3.8, 4) is 0 Å². The van der Waals surface area contributed by atoms with Crippen molar-refractivity contribution >= 4 is 28.0 Å². The maximum atomic E-state index is 12.3. The molecule has 2 N–H and O–H groups in total. The van der Waals surface area contributed by atoms with Crippen molar-refractivity contribution in [2.24, 2.45) is 11.8 Å². The molecule has 0 aromatic carbocycles. The van der Waals surface area contributed by atoms with Crippen molar-refractivity contribution in [3.05, 3.63) is 23.6 Å². The van der Waals surface area contributed by atoms with Crippen molar-refractivity contribution < 1.29 is 9.59 Å². The molecule has 2 aliphatic rings. The lowest BCUT2D eigenvalue weighted by Gasteiger charge is -2.35. The lowest BCUT2D eigenvalue weighted by molar-refractivity contribution is -0.121. The molecule has 7 heteroatoms. The first-order valence-corrected chi connectivity index (χ1v) is 10.0. The van der Waals surface area contributed by atoms with E-state index < -0.39 is 0 Å². The highest BCUT2D eigenvalue weighted by Crippen LogP contribution is 2.33. The fourth-order valence-corrected chi connectivity index (χ4v) is 4.30. The molecule has 4 rings (SSSR count). The first-order valence-electron chi connectivity index (χ1n) is 9.16. The molecule has 6 nitrogen and oxygen atoms in total. The zero-order valence-electron chi connectivity index (χ0n) is 14.2. The standard InChI is InChI=1S/C18H24N4O2S/c23-16(3-1-2-12-4-5-12)20-8-13-6-14(7-13)21-18(24)15-10-25-17-9-19-11-22(15)17/h9-14H,1-8H2,(H,20,23)(H,21,24). The molecule has 2 aliphatic carbocycles. The fraction of sp³-hybridized carbons (Fsp3) is 0.611. The normalized spacial score (nSPS) is 22.6. The van der Waals surface area contributed by atoms with Crippen LogP contribution in [0.15, 0.2) is 17.9 Å². The van der Waals surface area contributed by atoms with Crippen molar-refractivity contribution in [1.29, 1.82) is 0 Å². The second-order valence-electron chi connectivity index (χ2n) is 7.37. The van der Waals surface area contributed by atoms with E-state index >= 15 is 0 Å². The third-order valence-electron chi connectivity index (χ3n) is 5.26. The smallest absolute Gasteiger partial charge is 0.269 e. The van der Waals surface area contributed by atoms with Crippen LogP contribution in [0.2, 0.25) is 0 Å². The fourth-order valence-electron chi connectivity index (χ4n) is 3.47. The number of aromatic nitrogens is 2. The summed E-state index contributed by atoms with van der Waals surface area (Å²) in [5, 5.41) is 7.98. The molecule has 0 bridgehead atoms. The lowest BCUT2D eigenvalue weighted by Crippen LogP contribution is -2.47.